The Morgan fingerprint density at radius 3 is 2.21 bits per heavy atom. The first-order valence-corrected chi connectivity index (χ1v) is 7.72. The number of ether oxygens (including phenoxy) is 1. The van der Waals surface area contributed by atoms with Crippen molar-refractivity contribution in [1.82, 2.24) is 0 Å². The fourth-order valence-electron chi connectivity index (χ4n) is 1.80. The maximum atomic E-state index is 11.9. The average molecular weight is 336 g/mol. The van der Waals surface area contributed by atoms with Crippen LogP contribution in [0.5, 0.6) is 0 Å². The van der Waals surface area contributed by atoms with Crippen molar-refractivity contribution in [3.05, 3.63) is 17.2 Å². The summed E-state index contributed by atoms with van der Waals surface area (Å²) in [7, 11) is 0. The number of carbonyl (C=O) groups excluding carboxylic acids is 4. The molecule has 0 bridgehead atoms. The molecule has 0 aromatic carbocycles. The standard InChI is InChI=1S/C17H24N2O5/c1-12(10-11-20)6-5-7-13(21)8-9-14(22)15(19-18)16(23)24-17(2,3)4/h10-11H,5-9H2,1-4H3/b12-10+. The molecule has 0 aliphatic rings. The van der Waals surface area contributed by atoms with E-state index < -0.39 is 23.1 Å². The second-order valence-electron chi connectivity index (χ2n) is 6.42. The predicted octanol–water partition coefficient (Wildman–Crippen LogP) is 2.23. The minimum absolute atomic E-state index is 0.0445. The Balaban J connectivity index is 4.38. The van der Waals surface area contributed by atoms with Crippen LogP contribution in [-0.2, 0) is 23.9 Å². The third kappa shape index (κ3) is 9.58. The molecular formula is C17H24N2O5. The molecule has 0 unspecified atom stereocenters. The lowest BCUT2D eigenvalue weighted by Crippen LogP contribution is -2.34. The summed E-state index contributed by atoms with van der Waals surface area (Å²) in [5, 5.41) is 0. The molecule has 0 aromatic heterocycles. The zero-order valence-electron chi connectivity index (χ0n) is 14.6. The first-order chi connectivity index (χ1) is 11.1. The first kappa shape index (κ1) is 21.6. The van der Waals surface area contributed by atoms with Gasteiger partial charge in [-0.1, -0.05) is 5.57 Å². The lowest BCUT2D eigenvalue weighted by atomic mass is 10.0. The van der Waals surface area contributed by atoms with Gasteiger partial charge in [0, 0.05) is 19.3 Å². The molecule has 0 fully saturated rings. The zero-order valence-corrected chi connectivity index (χ0v) is 14.6. The Labute approximate surface area is 141 Å². The SMILES string of the molecule is C/C(=C\C=O)CCCC(=O)CCC(=O)C(=[N+]=[N-])C(=O)OC(C)(C)C. The van der Waals surface area contributed by atoms with Gasteiger partial charge in [0.25, 0.3) is 5.78 Å². The number of nitrogens with zero attached hydrogens (tertiary/aromatic N) is 2. The molecule has 0 rings (SSSR count). The van der Waals surface area contributed by atoms with Crippen LogP contribution in [0.15, 0.2) is 11.6 Å². The van der Waals surface area contributed by atoms with Gasteiger partial charge < -0.3 is 10.3 Å². The number of aldehydes is 1. The van der Waals surface area contributed by atoms with Gasteiger partial charge in [-0.25, -0.2) is 4.79 Å². The van der Waals surface area contributed by atoms with E-state index in [-0.39, 0.29) is 25.0 Å². The summed E-state index contributed by atoms with van der Waals surface area (Å²) < 4.78 is 4.96. The maximum absolute atomic E-state index is 11.9. The van der Waals surface area contributed by atoms with E-state index in [9.17, 15) is 19.2 Å². The van der Waals surface area contributed by atoms with Crippen molar-refractivity contribution in [3.63, 3.8) is 0 Å². The molecule has 7 nitrogen and oxygen atoms in total. The summed E-state index contributed by atoms with van der Waals surface area (Å²) >= 11 is 0. The van der Waals surface area contributed by atoms with E-state index >= 15 is 0 Å². The smallest absolute Gasteiger partial charge is 0.441 e. The zero-order chi connectivity index (χ0) is 18.8. The minimum Gasteiger partial charge on any atom is -0.451 e. The van der Waals surface area contributed by atoms with Crippen molar-refractivity contribution in [1.29, 1.82) is 0 Å². The number of Topliss-reactive ketones (excluding diaryl/α,β-unsaturated/α-hetero) is 2. The molecule has 7 heteroatoms. The van der Waals surface area contributed by atoms with Gasteiger partial charge in [0.15, 0.2) is 0 Å². The highest BCUT2D eigenvalue weighted by Gasteiger charge is 2.33. The van der Waals surface area contributed by atoms with Crippen molar-refractivity contribution in [2.24, 2.45) is 0 Å². The van der Waals surface area contributed by atoms with Crippen LogP contribution in [0, 0.1) is 0 Å². The minimum atomic E-state index is -1.02. The van der Waals surface area contributed by atoms with Crippen molar-refractivity contribution >= 4 is 29.5 Å². The number of carbonyl (C=O) groups is 4. The van der Waals surface area contributed by atoms with E-state index in [0.29, 0.717) is 19.1 Å². The highest BCUT2D eigenvalue weighted by atomic mass is 16.6. The second-order valence-corrected chi connectivity index (χ2v) is 6.42. The van der Waals surface area contributed by atoms with Gasteiger partial charge in [0.2, 0.25) is 0 Å². The van der Waals surface area contributed by atoms with Crippen LogP contribution in [-0.4, -0.2) is 39.9 Å². The topological polar surface area (TPSA) is 114 Å². The molecule has 0 heterocycles. The molecule has 0 radical (unpaired) electrons. The van der Waals surface area contributed by atoms with Gasteiger partial charge in [0.05, 0.1) is 0 Å². The Bertz CT molecular complexity index is 578. The van der Waals surface area contributed by atoms with Crippen LogP contribution in [0.3, 0.4) is 0 Å². The molecule has 0 saturated heterocycles. The molecule has 0 atom stereocenters. The number of hydrogen-bond acceptors (Lipinski definition) is 5. The molecule has 0 amide bonds. The van der Waals surface area contributed by atoms with Gasteiger partial charge in [0.1, 0.15) is 17.7 Å². The van der Waals surface area contributed by atoms with E-state index in [0.717, 1.165) is 5.57 Å². The first-order valence-electron chi connectivity index (χ1n) is 7.72. The number of allylic oxidation sites excluding steroid dienone is 2. The van der Waals surface area contributed by atoms with Crippen LogP contribution in [0.4, 0.5) is 0 Å². The van der Waals surface area contributed by atoms with Gasteiger partial charge >= 0.3 is 11.7 Å². The molecule has 0 saturated carbocycles. The van der Waals surface area contributed by atoms with Crippen LogP contribution >= 0.6 is 0 Å². The summed E-state index contributed by atoms with van der Waals surface area (Å²) in [6.07, 6.45) is 3.35. The number of esters is 1. The Kier molecular flexibility index (Phi) is 9.35. The van der Waals surface area contributed by atoms with E-state index in [1.54, 1.807) is 27.7 Å². The highest BCUT2D eigenvalue weighted by Crippen LogP contribution is 2.10. The maximum Gasteiger partial charge on any atom is 0.441 e. The molecule has 0 spiro atoms. The van der Waals surface area contributed by atoms with Crippen LogP contribution in [0.25, 0.3) is 5.53 Å². The summed E-state index contributed by atoms with van der Waals surface area (Å²) in [4.78, 5) is 48.3. The monoisotopic (exact) mass is 336 g/mol. The highest BCUT2D eigenvalue weighted by molar-refractivity contribution is 6.62. The van der Waals surface area contributed by atoms with Gasteiger partial charge in [-0.15, -0.1) is 0 Å². The molecule has 132 valence electrons. The lowest BCUT2D eigenvalue weighted by Gasteiger charge is -2.17. The lowest BCUT2D eigenvalue weighted by molar-refractivity contribution is -0.152. The molecule has 0 aliphatic heterocycles. The molecule has 0 aromatic rings. The third-order valence-corrected chi connectivity index (χ3v) is 2.97. The summed E-state index contributed by atoms with van der Waals surface area (Å²) in [6.45, 7) is 6.66. The normalized spacial score (nSPS) is 11.4. The van der Waals surface area contributed by atoms with E-state index in [4.69, 9.17) is 10.3 Å². The number of hydrogen-bond donors (Lipinski definition) is 0. The Morgan fingerprint density at radius 2 is 1.71 bits per heavy atom. The average Bonchev–Trinajstić information content (AvgIpc) is 2.44. The van der Waals surface area contributed by atoms with Gasteiger partial charge in [-0.05, 0) is 46.6 Å². The van der Waals surface area contributed by atoms with E-state index in [1.807, 2.05) is 0 Å². The summed E-state index contributed by atoms with van der Waals surface area (Å²) in [5.74, 6) is -1.89. The summed E-state index contributed by atoms with van der Waals surface area (Å²) in [5.41, 5.74) is 8.18. The Hall–Kier alpha value is -2.40. The van der Waals surface area contributed by atoms with Crippen molar-refractivity contribution in [2.45, 2.75) is 65.4 Å². The second kappa shape index (κ2) is 10.4. The van der Waals surface area contributed by atoms with Crippen molar-refractivity contribution < 1.29 is 28.7 Å². The van der Waals surface area contributed by atoms with Crippen molar-refractivity contribution in [2.75, 3.05) is 0 Å². The third-order valence-electron chi connectivity index (χ3n) is 2.97. The Morgan fingerprint density at radius 1 is 1.08 bits per heavy atom. The van der Waals surface area contributed by atoms with Crippen LogP contribution in [0.2, 0.25) is 0 Å². The molecule has 0 aliphatic carbocycles. The molecular weight excluding hydrogens is 312 g/mol. The fourth-order valence-corrected chi connectivity index (χ4v) is 1.80. The van der Waals surface area contributed by atoms with E-state index in [1.165, 1.54) is 6.08 Å². The van der Waals surface area contributed by atoms with E-state index in [2.05, 4.69) is 4.79 Å². The fraction of sp³-hybridized carbons (Fsp3) is 0.588. The number of rotatable bonds is 10. The van der Waals surface area contributed by atoms with Crippen LogP contribution < -0.4 is 0 Å². The molecule has 0 N–H and O–H groups in total. The number of ketones is 2. The van der Waals surface area contributed by atoms with Crippen LogP contribution in [0.1, 0.15) is 59.8 Å². The molecule has 24 heavy (non-hydrogen) atoms. The van der Waals surface area contributed by atoms with Gasteiger partial charge in [-0.3, -0.25) is 14.4 Å². The predicted molar refractivity (Wildman–Crippen MR) is 87.4 cm³/mol. The largest absolute Gasteiger partial charge is 0.451 e. The van der Waals surface area contributed by atoms with Crippen molar-refractivity contribution in [3.8, 4) is 0 Å². The van der Waals surface area contributed by atoms with Gasteiger partial charge in [-0.2, -0.15) is 4.79 Å². The quantitative estimate of drug-likeness (QED) is 0.115. The summed E-state index contributed by atoms with van der Waals surface area (Å²) in [6, 6.07) is 0.